The molecular weight excluding hydrogens is 446 g/mol. The number of carbonyl (C=O) groups excluding carboxylic acids is 2. The molecule has 1 aliphatic rings. The van der Waals surface area contributed by atoms with Crippen LogP contribution in [0.25, 0.3) is 21.4 Å². The van der Waals surface area contributed by atoms with Gasteiger partial charge >= 0.3 is 0 Å². The Labute approximate surface area is 192 Å². The third kappa shape index (κ3) is 5.10. The quantitative estimate of drug-likeness (QED) is 0.390. The summed E-state index contributed by atoms with van der Waals surface area (Å²) >= 11 is 1.42. The predicted molar refractivity (Wildman–Crippen MR) is 120 cm³/mol. The standard InChI is InChI=1S/C22H21N5O5S/c28-13-30-12-20(29)25-14-3-6-27(7-4-14)11-16-8-17-18(31-16)9-15(10-24-17)32-22-26-21-19(33-22)2-1-5-23-21/h1-2,5,8-10,13-14H,3-4,6-7,11-12H2,(H,25,29). The number of nitrogens with one attached hydrogen (secondary N) is 1. The van der Waals surface area contributed by atoms with Crippen molar-refractivity contribution in [1.29, 1.82) is 0 Å². The number of carbonyl (C=O) groups is 2. The van der Waals surface area contributed by atoms with Crippen molar-refractivity contribution in [1.82, 2.24) is 25.2 Å². The lowest BCUT2D eigenvalue weighted by Gasteiger charge is -2.31. The number of furan rings is 1. The zero-order valence-electron chi connectivity index (χ0n) is 17.6. The molecule has 0 unspecified atom stereocenters. The first-order valence-corrected chi connectivity index (χ1v) is 11.3. The van der Waals surface area contributed by atoms with E-state index in [2.05, 4.69) is 29.9 Å². The fourth-order valence-electron chi connectivity index (χ4n) is 3.81. The predicted octanol–water partition coefficient (Wildman–Crippen LogP) is 2.88. The molecule has 10 nitrogen and oxygen atoms in total. The van der Waals surface area contributed by atoms with E-state index in [0.29, 0.717) is 28.7 Å². The van der Waals surface area contributed by atoms with Gasteiger partial charge in [0.25, 0.3) is 17.6 Å². The first-order chi connectivity index (χ1) is 16.2. The number of ether oxygens (including phenoxy) is 2. The maximum Gasteiger partial charge on any atom is 0.293 e. The molecule has 0 atom stereocenters. The van der Waals surface area contributed by atoms with Crippen LogP contribution in [0, 0.1) is 0 Å². The van der Waals surface area contributed by atoms with Crippen LogP contribution in [0.1, 0.15) is 18.6 Å². The van der Waals surface area contributed by atoms with E-state index in [4.69, 9.17) is 9.15 Å². The number of fused-ring (bicyclic) bond motifs is 2. The number of nitrogens with zero attached hydrogens (tertiary/aromatic N) is 4. The number of thiazole rings is 1. The minimum Gasteiger partial charge on any atom is -0.458 e. The monoisotopic (exact) mass is 467 g/mol. The number of rotatable bonds is 8. The van der Waals surface area contributed by atoms with Crippen LogP contribution in [-0.2, 0) is 20.9 Å². The summed E-state index contributed by atoms with van der Waals surface area (Å²) in [4.78, 5) is 37.2. The van der Waals surface area contributed by atoms with Crippen molar-refractivity contribution in [2.45, 2.75) is 25.4 Å². The third-order valence-corrected chi connectivity index (χ3v) is 6.25. The lowest BCUT2D eigenvalue weighted by molar-refractivity contribution is -0.137. The molecular formula is C22H21N5O5S. The molecule has 170 valence electrons. The summed E-state index contributed by atoms with van der Waals surface area (Å²) in [5.74, 6) is 1.10. The van der Waals surface area contributed by atoms with Gasteiger partial charge in [-0.15, -0.1) is 0 Å². The molecule has 1 fully saturated rings. The number of pyridine rings is 2. The van der Waals surface area contributed by atoms with E-state index < -0.39 is 0 Å². The van der Waals surface area contributed by atoms with Crippen molar-refractivity contribution in [3.63, 3.8) is 0 Å². The van der Waals surface area contributed by atoms with Crippen molar-refractivity contribution in [2.75, 3.05) is 19.7 Å². The lowest BCUT2D eigenvalue weighted by atomic mass is 10.0. The van der Waals surface area contributed by atoms with Gasteiger partial charge in [-0.3, -0.25) is 14.5 Å². The van der Waals surface area contributed by atoms with Crippen LogP contribution in [0.3, 0.4) is 0 Å². The fraction of sp³-hybridized carbons (Fsp3) is 0.318. The zero-order chi connectivity index (χ0) is 22.6. The molecule has 4 aromatic heterocycles. The van der Waals surface area contributed by atoms with Crippen LogP contribution in [-0.4, -0.2) is 58.0 Å². The second-order valence-corrected chi connectivity index (χ2v) is 8.69. The highest BCUT2D eigenvalue weighted by Crippen LogP contribution is 2.31. The van der Waals surface area contributed by atoms with Crippen molar-refractivity contribution >= 4 is 45.2 Å². The van der Waals surface area contributed by atoms with Gasteiger partial charge in [0.05, 0.1) is 17.4 Å². The molecule has 1 N–H and O–H groups in total. The average Bonchev–Trinajstić information content (AvgIpc) is 3.41. The lowest BCUT2D eigenvalue weighted by Crippen LogP contribution is -2.45. The van der Waals surface area contributed by atoms with Gasteiger partial charge in [-0.05, 0) is 25.0 Å². The number of piperidine rings is 1. The molecule has 0 aliphatic carbocycles. The molecule has 5 rings (SSSR count). The van der Waals surface area contributed by atoms with Gasteiger partial charge < -0.3 is 19.2 Å². The first-order valence-electron chi connectivity index (χ1n) is 10.5. The summed E-state index contributed by atoms with van der Waals surface area (Å²) in [6, 6.07) is 7.65. The van der Waals surface area contributed by atoms with Crippen LogP contribution in [0.4, 0.5) is 0 Å². The normalized spacial score (nSPS) is 15.0. The maximum absolute atomic E-state index is 11.7. The van der Waals surface area contributed by atoms with Gasteiger partial charge in [-0.25, -0.2) is 9.97 Å². The van der Waals surface area contributed by atoms with E-state index in [-0.39, 0.29) is 25.0 Å². The van der Waals surface area contributed by atoms with Crippen molar-refractivity contribution in [3.05, 3.63) is 42.4 Å². The fourth-order valence-corrected chi connectivity index (χ4v) is 4.61. The molecule has 0 radical (unpaired) electrons. The summed E-state index contributed by atoms with van der Waals surface area (Å²) in [5, 5.41) is 3.39. The Morgan fingerprint density at radius 2 is 2.18 bits per heavy atom. The highest BCUT2D eigenvalue weighted by atomic mass is 32.1. The van der Waals surface area contributed by atoms with E-state index in [1.54, 1.807) is 12.4 Å². The Morgan fingerprint density at radius 3 is 3.00 bits per heavy atom. The first kappa shape index (κ1) is 21.3. The SMILES string of the molecule is O=COCC(=O)NC1CCN(Cc2cc3ncc(Oc4nc5ncccc5s4)cc3o2)CC1. The topological polar surface area (TPSA) is 120 Å². The summed E-state index contributed by atoms with van der Waals surface area (Å²) < 4.78 is 17.3. The molecule has 0 aromatic carbocycles. The van der Waals surface area contributed by atoms with Crippen molar-refractivity contribution < 1.29 is 23.5 Å². The molecule has 4 aromatic rings. The maximum atomic E-state index is 11.7. The molecule has 0 spiro atoms. The van der Waals surface area contributed by atoms with Gasteiger partial charge in [0.2, 0.25) is 0 Å². The summed E-state index contributed by atoms with van der Waals surface area (Å²) in [7, 11) is 0. The number of hydrogen-bond acceptors (Lipinski definition) is 10. The van der Waals surface area contributed by atoms with E-state index in [1.165, 1.54) is 11.3 Å². The molecule has 5 heterocycles. The summed E-state index contributed by atoms with van der Waals surface area (Å²) in [5.41, 5.74) is 2.07. The average molecular weight is 468 g/mol. The molecule has 1 aliphatic heterocycles. The third-order valence-electron chi connectivity index (χ3n) is 5.36. The zero-order valence-corrected chi connectivity index (χ0v) is 18.4. The molecule has 1 amide bonds. The Bertz CT molecular complexity index is 1250. The number of amides is 1. The Balaban J connectivity index is 1.18. The summed E-state index contributed by atoms with van der Waals surface area (Å²) in [6.45, 7) is 2.34. The van der Waals surface area contributed by atoms with Crippen molar-refractivity contribution in [3.8, 4) is 10.9 Å². The van der Waals surface area contributed by atoms with Gasteiger partial charge in [0, 0.05) is 37.5 Å². The van der Waals surface area contributed by atoms with E-state index in [1.807, 2.05) is 24.3 Å². The molecule has 33 heavy (non-hydrogen) atoms. The second kappa shape index (κ2) is 9.51. The van der Waals surface area contributed by atoms with Crippen LogP contribution in [0.15, 0.2) is 41.1 Å². The van der Waals surface area contributed by atoms with Gasteiger partial charge in [-0.1, -0.05) is 11.3 Å². The minimum absolute atomic E-state index is 0.0822. The van der Waals surface area contributed by atoms with Crippen LogP contribution in [0.2, 0.25) is 0 Å². The summed E-state index contributed by atoms with van der Waals surface area (Å²) in [6.07, 6.45) is 5.00. The van der Waals surface area contributed by atoms with Gasteiger partial charge in [0.15, 0.2) is 23.6 Å². The highest BCUT2D eigenvalue weighted by Gasteiger charge is 2.22. The van der Waals surface area contributed by atoms with Crippen LogP contribution in [0.5, 0.6) is 10.9 Å². The number of hydrogen-bond donors (Lipinski definition) is 1. The smallest absolute Gasteiger partial charge is 0.293 e. The van der Waals surface area contributed by atoms with Crippen LogP contribution >= 0.6 is 11.3 Å². The van der Waals surface area contributed by atoms with E-state index >= 15 is 0 Å². The van der Waals surface area contributed by atoms with Crippen molar-refractivity contribution in [2.24, 2.45) is 0 Å². The van der Waals surface area contributed by atoms with E-state index in [0.717, 1.165) is 41.9 Å². The Hall–Kier alpha value is -3.57. The molecule has 0 saturated carbocycles. The Kier molecular flexibility index (Phi) is 6.13. The number of likely N-dealkylation sites (tertiary alicyclic amines) is 1. The largest absolute Gasteiger partial charge is 0.458 e. The minimum atomic E-state index is -0.274. The van der Waals surface area contributed by atoms with E-state index in [9.17, 15) is 9.59 Å². The van der Waals surface area contributed by atoms with Gasteiger partial charge in [-0.2, -0.15) is 4.98 Å². The highest BCUT2D eigenvalue weighted by molar-refractivity contribution is 7.20. The molecule has 1 saturated heterocycles. The van der Waals surface area contributed by atoms with Crippen LogP contribution < -0.4 is 10.1 Å². The Morgan fingerprint density at radius 1 is 1.30 bits per heavy atom. The second-order valence-electron chi connectivity index (χ2n) is 7.70. The molecule has 11 heteroatoms. The molecule has 0 bridgehead atoms. The van der Waals surface area contributed by atoms with Gasteiger partial charge in [0.1, 0.15) is 11.3 Å². The number of aromatic nitrogens is 3.